The van der Waals surface area contributed by atoms with Gasteiger partial charge in [0.15, 0.2) is 0 Å². The van der Waals surface area contributed by atoms with E-state index >= 15 is 0 Å². The SMILES string of the molecule is COCCN=C(C)C(=O)OCCOC(=O)NCCCCCCNC(=O)OC. The predicted molar refractivity (Wildman–Crippen MR) is 99.0 cm³/mol. The second-order valence-electron chi connectivity index (χ2n) is 5.49. The molecule has 10 heteroatoms. The van der Waals surface area contributed by atoms with Crippen molar-refractivity contribution in [2.75, 3.05) is 53.7 Å². The van der Waals surface area contributed by atoms with Crippen LogP contribution < -0.4 is 10.6 Å². The summed E-state index contributed by atoms with van der Waals surface area (Å²) in [7, 11) is 2.88. The van der Waals surface area contributed by atoms with Crippen LogP contribution in [0.2, 0.25) is 0 Å². The molecule has 0 aromatic rings. The summed E-state index contributed by atoms with van der Waals surface area (Å²) in [6, 6.07) is 0. The largest absolute Gasteiger partial charge is 0.458 e. The normalized spacial score (nSPS) is 10.9. The Balaban J connectivity index is 3.52. The van der Waals surface area contributed by atoms with Crippen molar-refractivity contribution in [3.8, 4) is 0 Å². The van der Waals surface area contributed by atoms with Gasteiger partial charge in [0, 0.05) is 20.2 Å². The van der Waals surface area contributed by atoms with Gasteiger partial charge in [0.1, 0.15) is 18.9 Å². The number of unbranched alkanes of at least 4 members (excludes halogenated alkanes) is 3. The maximum atomic E-state index is 11.6. The number of nitrogens with one attached hydrogen (secondary N) is 2. The van der Waals surface area contributed by atoms with E-state index in [1.807, 2.05) is 0 Å². The molecule has 0 spiro atoms. The average molecular weight is 389 g/mol. The minimum Gasteiger partial charge on any atom is -0.458 e. The number of methoxy groups -OCH3 is 2. The van der Waals surface area contributed by atoms with E-state index in [2.05, 4.69) is 20.4 Å². The van der Waals surface area contributed by atoms with Crippen molar-refractivity contribution in [2.24, 2.45) is 4.99 Å². The zero-order chi connectivity index (χ0) is 20.3. The van der Waals surface area contributed by atoms with Gasteiger partial charge in [-0.2, -0.15) is 0 Å². The van der Waals surface area contributed by atoms with Gasteiger partial charge in [-0.1, -0.05) is 12.8 Å². The topological polar surface area (TPSA) is 125 Å². The highest BCUT2D eigenvalue weighted by molar-refractivity contribution is 6.35. The Morgan fingerprint density at radius 1 is 0.815 bits per heavy atom. The summed E-state index contributed by atoms with van der Waals surface area (Å²) in [5, 5.41) is 5.21. The number of hydrogen-bond acceptors (Lipinski definition) is 8. The summed E-state index contributed by atoms with van der Waals surface area (Å²) in [4.78, 5) is 37.9. The lowest BCUT2D eigenvalue weighted by atomic mass is 10.2. The molecule has 0 unspecified atom stereocenters. The van der Waals surface area contributed by atoms with Gasteiger partial charge in [0.05, 0.1) is 20.3 Å². The van der Waals surface area contributed by atoms with E-state index in [1.54, 1.807) is 14.0 Å². The lowest BCUT2D eigenvalue weighted by molar-refractivity contribution is -0.136. The average Bonchev–Trinajstić information content (AvgIpc) is 2.66. The van der Waals surface area contributed by atoms with E-state index in [9.17, 15) is 14.4 Å². The number of aliphatic imine (C=N–C) groups is 1. The monoisotopic (exact) mass is 389 g/mol. The molecule has 0 aromatic heterocycles. The number of esters is 1. The highest BCUT2D eigenvalue weighted by Crippen LogP contribution is 1.98. The van der Waals surface area contributed by atoms with Crippen LogP contribution in [0.1, 0.15) is 32.6 Å². The first-order valence-electron chi connectivity index (χ1n) is 8.90. The van der Waals surface area contributed by atoms with Crippen LogP contribution in [0.3, 0.4) is 0 Å². The van der Waals surface area contributed by atoms with Crippen molar-refractivity contribution in [2.45, 2.75) is 32.6 Å². The number of nitrogens with zero attached hydrogens (tertiary/aromatic N) is 1. The Hall–Kier alpha value is -2.36. The van der Waals surface area contributed by atoms with Crippen molar-refractivity contribution < 1.29 is 33.3 Å². The molecule has 0 fully saturated rings. The molecule has 0 aliphatic rings. The van der Waals surface area contributed by atoms with Gasteiger partial charge in [-0.15, -0.1) is 0 Å². The van der Waals surface area contributed by atoms with Gasteiger partial charge >= 0.3 is 18.2 Å². The van der Waals surface area contributed by atoms with E-state index < -0.39 is 18.2 Å². The molecule has 0 rings (SSSR count). The lowest BCUT2D eigenvalue weighted by Crippen LogP contribution is -2.27. The molecule has 0 heterocycles. The van der Waals surface area contributed by atoms with Crippen LogP contribution in [0.4, 0.5) is 9.59 Å². The number of carbonyl (C=O) groups is 3. The smallest absolute Gasteiger partial charge is 0.407 e. The minimum atomic E-state index is -0.552. The molecule has 10 nitrogen and oxygen atoms in total. The third kappa shape index (κ3) is 15.6. The highest BCUT2D eigenvalue weighted by Gasteiger charge is 2.08. The number of alkyl carbamates (subject to hydrolysis) is 2. The van der Waals surface area contributed by atoms with Crippen molar-refractivity contribution in [3.05, 3.63) is 0 Å². The molecule has 0 atom stereocenters. The number of hydrogen-bond donors (Lipinski definition) is 2. The predicted octanol–water partition coefficient (Wildman–Crippen LogP) is 1.28. The zero-order valence-electron chi connectivity index (χ0n) is 16.4. The van der Waals surface area contributed by atoms with Crippen LogP contribution in [0.25, 0.3) is 0 Å². The summed E-state index contributed by atoms with van der Waals surface area (Å²) >= 11 is 0. The standard InChI is InChI=1S/C17H31N3O7/c1-14(18-10-11-24-2)15(21)26-12-13-27-17(23)20-9-7-5-4-6-8-19-16(22)25-3/h4-13H2,1-3H3,(H,19,22)(H,20,23). The molecule has 0 aromatic carbocycles. The van der Waals surface area contributed by atoms with E-state index in [-0.39, 0.29) is 18.9 Å². The number of ether oxygens (including phenoxy) is 4. The lowest BCUT2D eigenvalue weighted by Gasteiger charge is -2.08. The van der Waals surface area contributed by atoms with Crippen LogP contribution >= 0.6 is 0 Å². The van der Waals surface area contributed by atoms with E-state index in [0.29, 0.717) is 26.2 Å². The summed E-state index contributed by atoms with van der Waals surface area (Å²) in [5.41, 5.74) is 0.248. The van der Waals surface area contributed by atoms with E-state index in [0.717, 1.165) is 25.7 Å². The Morgan fingerprint density at radius 3 is 2.00 bits per heavy atom. The number of amides is 2. The molecular formula is C17H31N3O7. The Morgan fingerprint density at radius 2 is 1.41 bits per heavy atom. The molecule has 0 saturated heterocycles. The quantitative estimate of drug-likeness (QED) is 0.198. The van der Waals surface area contributed by atoms with E-state index in [4.69, 9.17) is 14.2 Å². The third-order valence-corrected chi connectivity index (χ3v) is 3.32. The molecule has 0 aliphatic carbocycles. The first kappa shape index (κ1) is 24.6. The van der Waals surface area contributed by atoms with Crippen LogP contribution in [-0.2, 0) is 23.7 Å². The van der Waals surface area contributed by atoms with Crippen molar-refractivity contribution in [1.29, 1.82) is 0 Å². The van der Waals surface area contributed by atoms with Crippen LogP contribution in [0.5, 0.6) is 0 Å². The molecule has 0 saturated carbocycles. The fraction of sp³-hybridized carbons (Fsp3) is 0.765. The first-order valence-corrected chi connectivity index (χ1v) is 8.90. The molecule has 2 N–H and O–H groups in total. The molecule has 27 heavy (non-hydrogen) atoms. The van der Waals surface area contributed by atoms with Gasteiger partial charge in [-0.05, 0) is 19.8 Å². The fourth-order valence-corrected chi connectivity index (χ4v) is 1.85. The Bertz CT molecular complexity index is 469. The van der Waals surface area contributed by atoms with Crippen molar-refractivity contribution in [1.82, 2.24) is 10.6 Å². The molecule has 0 bridgehead atoms. The molecule has 2 amide bonds. The van der Waals surface area contributed by atoms with Crippen LogP contribution in [0, 0.1) is 0 Å². The maximum Gasteiger partial charge on any atom is 0.407 e. The van der Waals surface area contributed by atoms with Crippen molar-refractivity contribution in [3.63, 3.8) is 0 Å². The summed E-state index contributed by atoms with van der Waals surface area (Å²) in [6.45, 7) is 3.37. The fourth-order valence-electron chi connectivity index (χ4n) is 1.85. The number of carbonyl (C=O) groups excluding carboxylic acids is 3. The van der Waals surface area contributed by atoms with Gasteiger partial charge in [-0.25, -0.2) is 14.4 Å². The van der Waals surface area contributed by atoms with E-state index in [1.165, 1.54) is 7.11 Å². The second kappa shape index (κ2) is 17.1. The van der Waals surface area contributed by atoms with Crippen LogP contribution in [0.15, 0.2) is 4.99 Å². The van der Waals surface area contributed by atoms with Gasteiger partial charge in [0.2, 0.25) is 0 Å². The molecular weight excluding hydrogens is 358 g/mol. The number of rotatable bonds is 14. The Kier molecular flexibility index (Phi) is 15.6. The molecule has 0 radical (unpaired) electrons. The minimum absolute atomic E-state index is 0.0257. The summed E-state index contributed by atoms with van der Waals surface area (Å²) in [6.07, 6.45) is 2.52. The summed E-state index contributed by atoms with van der Waals surface area (Å²) < 4.78 is 19.1. The molecule has 0 aliphatic heterocycles. The Labute approximate surface area is 160 Å². The third-order valence-electron chi connectivity index (χ3n) is 3.32. The highest BCUT2D eigenvalue weighted by atomic mass is 16.6. The molecule has 156 valence electrons. The summed E-state index contributed by atoms with van der Waals surface area (Å²) in [5.74, 6) is -0.545. The zero-order valence-corrected chi connectivity index (χ0v) is 16.4. The van der Waals surface area contributed by atoms with Crippen molar-refractivity contribution >= 4 is 23.9 Å². The van der Waals surface area contributed by atoms with Gasteiger partial charge in [0.25, 0.3) is 0 Å². The van der Waals surface area contributed by atoms with Gasteiger partial charge in [-0.3, -0.25) is 4.99 Å². The maximum absolute atomic E-state index is 11.6. The van der Waals surface area contributed by atoms with Gasteiger partial charge < -0.3 is 29.6 Å². The second-order valence-corrected chi connectivity index (χ2v) is 5.49. The first-order chi connectivity index (χ1) is 13.0. The van der Waals surface area contributed by atoms with Crippen LogP contribution in [-0.4, -0.2) is 77.5 Å².